The van der Waals surface area contributed by atoms with E-state index in [1.807, 2.05) is 24.3 Å². The molecule has 1 nitrogen and oxygen atoms in total. The van der Waals surface area contributed by atoms with Crippen molar-refractivity contribution in [3.63, 3.8) is 0 Å². The van der Waals surface area contributed by atoms with Crippen molar-refractivity contribution in [1.82, 2.24) is 0 Å². The van der Waals surface area contributed by atoms with Crippen LogP contribution in [-0.4, -0.2) is 17.3 Å². The summed E-state index contributed by atoms with van der Waals surface area (Å²) >= 11 is 25.7. The molecule has 1 aliphatic heterocycles. The summed E-state index contributed by atoms with van der Waals surface area (Å²) in [6.45, 7) is 0. The van der Waals surface area contributed by atoms with Crippen molar-refractivity contribution in [3.05, 3.63) is 78.8 Å². The van der Waals surface area contributed by atoms with Gasteiger partial charge in [0.2, 0.25) is 0 Å². The molecule has 0 saturated carbocycles. The molecule has 3 rings (SSSR count). The molecule has 6 heteroatoms. The molecular weight excluding hydrogens is 418 g/mol. The minimum Gasteiger partial charge on any atom is -0.289 e. The summed E-state index contributed by atoms with van der Waals surface area (Å²) in [6, 6.07) is 10.6. The molecule has 1 saturated heterocycles. The van der Waals surface area contributed by atoms with E-state index in [1.165, 1.54) is 0 Å². The van der Waals surface area contributed by atoms with Gasteiger partial charge in [-0.15, -0.1) is 0 Å². The number of hydrogen-bond acceptors (Lipinski definition) is 2. The Morgan fingerprint density at radius 2 is 1.16 bits per heavy atom. The van der Waals surface area contributed by atoms with Crippen LogP contribution in [0.15, 0.2) is 47.5 Å². The van der Waals surface area contributed by atoms with Gasteiger partial charge in [0.05, 0.1) is 20.1 Å². The average Bonchev–Trinajstić information content (AvgIpc) is 2.58. The standard InChI is InChI=1S/C19H12Cl4OS/c20-15-3-1-11(7-17(15)22)5-13-9-25-10-14(19(13)24)6-12-2-4-16(21)18(23)8-12/h1-8H,9-10H2/b13-5+,14-6+. The van der Waals surface area contributed by atoms with Crippen molar-refractivity contribution in [1.29, 1.82) is 0 Å². The molecule has 1 heterocycles. The van der Waals surface area contributed by atoms with Gasteiger partial charge in [-0.25, -0.2) is 0 Å². The van der Waals surface area contributed by atoms with Gasteiger partial charge in [0.1, 0.15) is 0 Å². The van der Waals surface area contributed by atoms with E-state index in [2.05, 4.69) is 0 Å². The number of carbonyl (C=O) groups excluding carboxylic acids is 1. The van der Waals surface area contributed by atoms with Gasteiger partial charge in [-0.3, -0.25) is 4.79 Å². The van der Waals surface area contributed by atoms with Crippen LogP contribution >= 0.6 is 58.2 Å². The SMILES string of the molecule is O=C1/C(=C/c2ccc(Cl)c(Cl)c2)CSC/C1=C\c1ccc(Cl)c(Cl)c1. The molecular formula is C19H12Cl4OS. The average molecular weight is 430 g/mol. The molecule has 0 N–H and O–H groups in total. The lowest BCUT2D eigenvalue weighted by Gasteiger charge is -2.16. The molecule has 0 radical (unpaired) electrons. The second-order valence-electron chi connectivity index (χ2n) is 5.51. The fourth-order valence-electron chi connectivity index (χ4n) is 2.43. The Hall–Kier alpha value is -0.900. The van der Waals surface area contributed by atoms with Crippen LogP contribution in [0.3, 0.4) is 0 Å². The molecule has 2 aromatic rings. The zero-order valence-electron chi connectivity index (χ0n) is 12.9. The van der Waals surface area contributed by atoms with Crippen molar-refractivity contribution >= 4 is 76.1 Å². The largest absolute Gasteiger partial charge is 0.289 e. The van der Waals surface area contributed by atoms with Crippen LogP contribution in [0.2, 0.25) is 20.1 Å². The lowest BCUT2D eigenvalue weighted by atomic mass is 10.0. The Morgan fingerprint density at radius 3 is 1.56 bits per heavy atom. The lowest BCUT2D eigenvalue weighted by molar-refractivity contribution is -0.112. The maximum atomic E-state index is 12.8. The first-order valence-corrected chi connectivity index (χ1v) is 10.0. The highest BCUT2D eigenvalue weighted by Crippen LogP contribution is 2.30. The summed E-state index contributed by atoms with van der Waals surface area (Å²) in [5.74, 6) is 1.37. The Balaban J connectivity index is 1.89. The third-order valence-electron chi connectivity index (χ3n) is 3.67. The van der Waals surface area contributed by atoms with Gasteiger partial charge in [0.15, 0.2) is 5.78 Å². The summed E-state index contributed by atoms with van der Waals surface area (Å²) < 4.78 is 0. The quantitative estimate of drug-likeness (QED) is 0.474. The highest BCUT2D eigenvalue weighted by molar-refractivity contribution is 7.99. The Kier molecular flexibility index (Phi) is 6.19. The highest BCUT2D eigenvalue weighted by atomic mass is 35.5. The molecule has 0 spiro atoms. The normalized spacial score (nSPS) is 18.2. The number of rotatable bonds is 2. The molecule has 1 fully saturated rings. The Labute approximate surface area is 170 Å². The van der Waals surface area contributed by atoms with Crippen LogP contribution in [0.4, 0.5) is 0 Å². The molecule has 2 aromatic carbocycles. The summed E-state index contributed by atoms with van der Waals surface area (Å²) in [4.78, 5) is 12.8. The molecule has 128 valence electrons. The molecule has 0 aromatic heterocycles. The van der Waals surface area contributed by atoms with Crippen molar-refractivity contribution in [3.8, 4) is 0 Å². The van der Waals surface area contributed by atoms with Crippen LogP contribution in [0.1, 0.15) is 11.1 Å². The van der Waals surface area contributed by atoms with Crippen molar-refractivity contribution < 1.29 is 4.79 Å². The summed E-state index contributed by atoms with van der Waals surface area (Å²) in [6.07, 6.45) is 3.72. The minimum absolute atomic E-state index is 0.0379. The maximum absolute atomic E-state index is 12.8. The van der Waals surface area contributed by atoms with Gasteiger partial charge in [-0.05, 0) is 47.5 Å². The van der Waals surface area contributed by atoms with Gasteiger partial charge in [-0.2, -0.15) is 11.8 Å². The molecule has 0 unspecified atom stereocenters. The third-order valence-corrected chi connectivity index (χ3v) is 6.18. The van der Waals surface area contributed by atoms with Gasteiger partial charge in [0.25, 0.3) is 0 Å². The van der Waals surface area contributed by atoms with E-state index in [9.17, 15) is 4.79 Å². The number of benzene rings is 2. The zero-order chi connectivity index (χ0) is 18.0. The van der Waals surface area contributed by atoms with Crippen molar-refractivity contribution in [2.45, 2.75) is 0 Å². The van der Waals surface area contributed by atoms with Gasteiger partial charge in [-0.1, -0.05) is 58.5 Å². The lowest BCUT2D eigenvalue weighted by Crippen LogP contribution is -2.16. The summed E-state index contributed by atoms with van der Waals surface area (Å²) in [5.41, 5.74) is 3.19. The van der Waals surface area contributed by atoms with Gasteiger partial charge < -0.3 is 0 Å². The number of carbonyl (C=O) groups is 1. The highest BCUT2D eigenvalue weighted by Gasteiger charge is 2.21. The fraction of sp³-hybridized carbons (Fsp3) is 0.105. The first-order chi connectivity index (χ1) is 11.9. The predicted octanol–water partition coefficient (Wildman–Crippen LogP) is 7.08. The fourth-order valence-corrected chi connectivity index (χ4v) is 4.01. The number of thioether (sulfide) groups is 1. The summed E-state index contributed by atoms with van der Waals surface area (Å²) in [7, 11) is 0. The van der Waals surface area contributed by atoms with Crippen molar-refractivity contribution in [2.24, 2.45) is 0 Å². The van der Waals surface area contributed by atoms with Gasteiger partial charge in [0, 0.05) is 22.7 Å². The molecule has 0 bridgehead atoms. The minimum atomic E-state index is 0.0379. The topological polar surface area (TPSA) is 17.1 Å². The number of Topliss-reactive ketones (excluding diaryl/α,β-unsaturated/α-hetero) is 1. The number of halogens is 4. The Morgan fingerprint density at radius 1 is 0.720 bits per heavy atom. The van der Waals surface area contributed by atoms with Crippen LogP contribution in [-0.2, 0) is 4.79 Å². The second-order valence-corrected chi connectivity index (χ2v) is 8.12. The van der Waals surface area contributed by atoms with E-state index in [4.69, 9.17) is 46.4 Å². The zero-order valence-corrected chi connectivity index (χ0v) is 16.7. The maximum Gasteiger partial charge on any atom is 0.186 e. The van der Waals surface area contributed by atoms with E-state index >= 15 is 0 Å². The van der Waals surface area contributed by atoms with E-state index < -0.39 is 0 Å². The van der Waals surface area contributed by atoms with Crippen LogP contribution < -0.4 is 0 Å². The van der Waals surface area contributed by atoms with E-state index in [0.717, 1.165) is 22.3 Å². The van der Waals surface area contributed by atoms with E-state index in [0.29, 0.717) is 31.6 Å². The van der Waals surface area contributed by atoms with E-state index in [1.54, 1.807) is 36.0 Å². The van der Waals surface area contributed by atoms with Crippen LogP contribution in [0.25, 0.3) is 12.2 Å². The summed E-state index contributed by atoms with van der Waals surface area (Å²) in [5, 5.41) is 1.93. The smallest absolute Gasteiger partial charge is 0.186 e. The molecule has 0 atom stereocenters. The number of hydrogen-bond donors (Lipinski definition) is 0. The molecule has 1 aliphatic rings. The number of ketones is 1. The predicted molar refractivity (Wildman–Crippen MR) is 111 cm³/mol. The second kappa shape index (κ2) is 8.20. The first kappa shape index (κ1) is 18.9. The molecule has 0 amide bonds. The van der Waals surface area contributed by atoms with Crippen molar-refractivity contribution in [2.75, 3.05) is 11.5 Å². The monoisotopic (exact) mass is 428 g/mol. The van der Waals surface area contributed by atoms with Gasteiger partial charge >= 0.3 is 0 Å². The molecule has 25 heavy (non-hydrogen) atoms. The molecule has 0 aliphatic carbocycles. The first-order valence-electron chi connectivity index (χ1n) is 7.38. The Bertz CT molecular complexity index is 831. The third kappa shape index (κ3) is 4.64. The van der Waals surface area contributed by atoms with E-state index in [-0.39, 0.29) is 5.78 Å². The van der Waals surface area contributed by atoms with Crippen LogP contribution in [0.5, 0.6) is 0 Å². The van der Waals surface area contributed by atoms with Crippen LogP contribution in [0, 0.1) is 0 Å².